The Morgan fingerprint density at radius 3 is 2.09 bits per heavy atom. The second-order valence-corrected chi connectivity index (χ2v) is 7.79. The molecule has 1 fully saturated rings. The van der Waals surface area contributed by atoms with Crippen molar-refractivity contribution in [2.45, 2.75) is 38.8 Å². The topological polar surface area (TPSA) is 103 Å². The molecule has 2 heterocycles. The average molecular weight is 459 g/mol. The molecule has 8 heteroatoms. The maximum absolute atomic E-state index is 11.9. The van der Waals surface area contributed by atoms with E-state index in [4.69, 9.17) is 19.8 Å². The molecule has 33 heavy (non-hydrogen) atoms. The minimum atomic E-state index is -1.82. The molecule has 0 spiro atoms. The zero-order valence-electron chi connectivity index (χ0n) is 18.9. The molecule has 1 saturated heterocycles. The van der Waals surface area contributed by atoms with Crippen LogP contribution in [0.1, 0.15) is 44.4 Å². The molecule has 1 aliphatic rings. The fraction of sp³-hybridized carbons (Fsp3) is 0.360. The van der Waals surface area contributed by atoms with Gasteiger partial charge >= 0.3 is 11.9 Å². The molecule has 1 aliphatic heterocycles. The number of fused-ring (bicyclic) bond motifs is 1. The van der Waals surface area contributed by atoms with E-state index in [-0.39, 0.29) is 5.82 Å². The SMILES string of the molecule is CCN1CCC(n2ccc3ccc(C(C)O)cc32)CC1.Fc1ccccc1.O=C(O)C(=O)O. The molecule has 7 nitrogen and oxygen atoms in total. The average Bonchev–Trinajstić information content (AvgIpc) is 3.23. The van der Waals surface area contributed by atoms with Gasteiger partial charge in [0.2, 0.25) is 0 Å². The first-order valence-corrected chi connectivity index (χ1v) is 10.9. The molecule has 1 unspecified atom stereocenters. The Morgan fingerprint density at radius 1 is 1.03 bits per heavy atom. The number of halogens is 1. The molecule has 1 atom stereocenters. The van der Waals surface area contributed by atoms with E-state index in [1.807, 2.05) is 13.0 Å². The van der Waals surface area contributed by atoms with Gasteiger partial charge in [0.05, 0.1) is 6.10 Å². The van der Waals surface area contributed by atoms with Gasteiger partial charge in [-0.05, 0) is 61.5 Å². The van der Waals surface area contributed by atoms with Gasteiger partial charge in [0.15, 0.2) is 0 Å². The van der Waals surface area contributed by atoms with Crippen molar-refractivity contribution in [1.29, 1.82) is 0 Å². The highest BCUT2D eigenvalue weighted by atomic mass is 19.1. The van der Waals surface area contributed by atoms with Crippen molar-refractivity contribution in [3.05, 3.63) is 72.2 Å². The van der Waals surface area contributed by atoms with Crippen LogP contribution in [0.5, 0.6) is 0 Å². The Balaban J connectivity index is 0.000000243. The Labute approximate surface area is 192 Å². The van der Waals surface area contributed by atoms with Gasteiger partial charge in [-0.15, -0.1) is 0 Å². The van der Waals surface area contributed by atoms with Crippen molar-refractivity contribution < 1.29 is 29.3 Å². The number of carbonyl (C=O) groups is 2. The number of aliphatic hydroxyl groups excluding tert-OH is 1. The van der Waals surface area contributed by atoms with Crippen LogP contribution < -0.4 is 0 Å². The van der Waals surface area contributed by atoms with Gasteiger partial charge in [-0.2, -0.15) is 0 Å². The zero-order chi connectivity index (χ0) is 24.4. The van der Waals surface area contributed by atoms with E-state index in [0.29, 0.717) is 6.04 Å². The fourth-order valence-electron chi connectivity index (χ4n) is 3.67. The number of aromatic nitrogens is 1. The van der Waals surface area contributed by atoms with Gasteiger partial charge in [-0.1, -0.05) is 37.3 Å². The van der Waals surface area contributed by atoms with E-state index >= 15 is 0 Å². The summed E-state index contributed by atoms with van der Waals surface area (Å²) < 4.78 is 14.3. The van der Waals surface area contributed by atoms with E-state index in [1.165, 1.54) is 49.0 Å². The van der Waals surface area contributed by atoms with Crippen LogP contribution in [0, 0.1) is 5.82 Å². The molecule has 1 aromatic heterocycles. The number of hydrogen-bond donors (Lipinski definition) is 3. The third-order valence-electron chi connectivity index (χ3n) is 5.54. The molecule has 0 amide bonds. The Bertz CT molecular complexity index is 1020. The second-order valence-electron chi connectivity index (χ2n) is 7.79. The summed E-state index contributed by atoms with van der Waals surface area (Å²) in [6.45, 7) is 7.60. The molecule has 2 aromatic carbocycles. The van der Waals surface area contributed by atoms with Crippen LogP contribution in [0.15, 0.2) is 60.8 Å². The first-order chi connectivity index (χ1) is 15.7. The molecular formula is C25H31FN2O5. The largest absolute Gasteiger partial charge is 0.473 e. The molecule has 178 valence electrons. The molecule has 3 N–H and O–H groups in total. The summed E-state index contributed by atoms with van der Waals surface area (Å²) in [5.74, 6) is -3.83. The predicted molar refractivity (Wildman–Crippen MR) is 125 cm³/mol. The number of rotatable bonds is 3. The summed E-state index contributed by atoms with van der Waals surface area (Å²) in [6, 6.07) is 17.0. The molecule has 3 aromatic rings. The monoisotopic (exact) mass is 458 g/mol. The first kappa shape index (κ1) is 26.0. The van der Waals surface area contributed by atoms with Crippen LogP contribution >= 0.6 is 0 Å². The fourth-order valence-corrected chi connectivity index (χ4v) is 3.67. The highest BCUT2D eigenvalue weighted by Crippen LogP contribution is 2.29. The molecule has 0 aliphatic carbocycles. The maximum atomic E-state index is 11.9. The zero-order valence-corrected chi connectivity index (χ0v) is 18.9. The third kappa shape index (κ3) is 8.00. The Morgan fingerprint density at radius 2 is 1.64 bits per heavy atom. The lowest BCUT2D eigenvalue weighted by atomic mass is 10.0. The van der Waals surface area contributed by atoms with Crippen molar-refractivity contribution >= 4 is 22.8 Å². The lowest BCUT2D eigenvalue weighted by molar-refractivity contribution is -0.159. The van der Waals surface area contributed by atoms with Crippen molar-refractivity contribution in [3.8, 4) is 0 Å². The number of carboxylic acids is 2. The van der Waals surface area contributed by atoms with Crippen LogP contribution in [-0.4, -0.2) is 56.4 Å². The van der Waals surface area contributed by atoms with Crippen LogP contribution in [0.3, 0.4) is 0 Å². The normalized spacial score (nSPS) is 15.0. The summed E-state index contributed by atoms with van der Waals surface area (Å²) in [5, 5.41) is 25.8. The van der Waals surface area contributed by atoms with Crippen LogP contribution in [0.4, 0.5) is 4.39 Å². The first-order valence-electron chi connectivity index (χ1n) is 10.9. The van der Waals surface area contributed by atoms with Crippen molar-refractivity contribution in [3.63, 3.8) is 0 Å². The number of likely N-dealkylation sites (tertiary alicyclic amines) is 1. The number of piperidine rings is 1. The number of carboxylic acid groups (broad SMARTS) is 2. The standard InChI is InChI=1S/C17H24N2O.C6H5F.C2H2O4/c1-3-18-9-7-16(8-10-18)19-11-6-14-4-5-15(13(2)20)12-17(14)19;7-6-4-2-1-3-5-6;3-1(4)2(5)6/h4-6,11-13,16,20H,3,7-10H2,1-2H3;1-5H;(H,3,4)(H,5,6). The van der Waals surface area contributed by atoms with Gasteiger partial charge < -0.3 is 24.8 Å². The number of aliphatic hydroxyl groups is 1. The quantitative estimate of drug-likeness (QED) is 0.505. The number of hydrogen-bond acceptors (Lipinski definition) is 4. The number of nitrogens with zero attached hydrogens (tertiary/aromatic N) is 2. The van der Waals surface area contributed by atoms with Gasteiger partial charge in [-0.25, -0.2) is 14.0 Å². The molecule has 4 rings (SSSR count). The van der Waals surface area contributed by atoms with Gasteiger partial charge in [-0.3, -0.25) is 0 Å². The van der Waals surface area contributed by atoms with Gasteiger partial charge in [0.1, 0.15) is 5.82 Å². The van der Waals surface area contributed by atoms with Crippen molar-refractivity contribution in [2.24, 2.45) is 0 Å². The van der Waals surface area contributed by atoms with Crippen LogP contribution in [-0.2, 0) is 9.59 Å². The van der Waals surface area contributed by atoms with Crippen molar-refractivity contribution in [1.82, 2.24) is 9.47 Å². The molecular weight excluding hydrogens is 427 g/mol. The predicted octanol–water partition coefficient (Wildman–Crippen LogP) is 4.33. The van der Waals surface area contributed by atoms with E-state index < -0.39 is 18.0 Å². The minimum absolute atomic E-state index is 0.178. The van der Waals surface area contributed by atoms with E-state index in [1.54, 1.807) is 18.2 Å². The highest BCUT2D eigenvalue weighted by molar-refractivity contribution is 6.27. The summed E-state index contributed by atoms with van der Waals surface area (Å²) in [7, 11) is 0. The second kappa shape index (κ2) is 12.7. The number of aliphatic carboxylic acids is 2. The van der Waals surface area contributed by atoms with Gasteiger partial charge in [0, 0.05) is 30.8 Å². The van der Waals surface area contributed by atoms with E-state index in [9.17, 15) is 9.50 Å². The molecule has 0 bridgehead atoms. The smallest absolute Gasteiger partial charge is 0.414 e. The Kier molecular flexibility index (Phi) is 10.0. The Hall–Kier alpha value is -3.23. The van der Waals surface area contributed by atoms with Crippen LogP contribution in [0.2, 0.25) is 0 Å². The molecule has 0 saturated carbocycles. The summed E-state index contributed by atoms with van der Waals surface area (Å²) in [4.78, 5) is 20.7. The summed E-state index contributed by atoms with van der Waals surface area (Å²) in [5.41, 5.74) is 2.27. The molecule has 0 radical (unpaired) electrons. The van der Waals surface area contributed by atoms with Crippen LogP contribution in [0.25, 0.3) is 10.9 Å². The van der Waals surface area contributed by atoms with Gasteiger partial charge in [0.25, 0.3) is 0 Å². The summed E-state index contributed by atoms with van der Waals surface area (Å²) in [6.07, 6.45) is 4.25. The number of benzene rings is 2. The van der Waals surface area contributed by atoms with Crippen molar-refractivity contribution in [2.75, 3.05) is 19.6 Å². The maximum Gasteiger partial charge on any atom is 0.414 e. The summed E-state index contributed by atoms with van der Waals surface area (Å²) >= 11 is 0. The van der Waals surface area contributed by atoms with E-state index in [2.05, 4.69) is 40.8 Å². The highest BCUT2D eigenvalue weighted by Gasteiger charge is 2.20. The third-order valence-corrected chi connectivity index (χ3v) is 5.54. The minimum Gasteiger partial charge on any atom is -0.473 e. The van der Waals surface area contributed by atoms with E-state index in [0.717, 1.165) is 12.1 Å². The lowest BCUT2D eigenvalue weighted by Crippen LogP contribution is -2.34. The lowest BCUT2D eigenvalue weighted by Gasteiger charge is -2.32.